The molecule has 0 aromatic heterocycles. The zero-order valence-corrected chi connectivity index (χ0v) is 23.7. The maximum absolute atomic E-state index is 13.2. The molecule has 1 saturated heterocycles. The monoisotopic (exact) mass is 580 g/mol. The quantitative estimate of drug-likeness (QED) is 0.498. The van der Waals surface area contributed by atoms with Gasteiger partial charge in [-0.2, -0.15) is 4.31 Å². The number of carbonyl (C=O) groups excluding carboxylic acids is 2. The Labute approximate surface area is 233 Å². The van der Waals surface area contributed by atoms with Gasteiger partial charge in [0.15, 0.2) is 0 Å². The average molecular weight is 582 g/mol. The number of carbonyl (C=O) groups is 2. The smallest absolute Gasteiger partial charge is 0.338 e. The third kappa shape index (κ3) is 5.55. The largest absolute Gasteiger partial charge is 0.463 e. The van der Waals surface area contributed by atoms with Crippen LogP contribution in [0.3, 0.4) is 0 Å². The fourth-order valence-corrected chi connectivity index (χ4v) is 6.88. The number of ether oxygens (including phenoxy) is 1. The van der Waals surface area contributed by atoms with Crippen molar-refractivity contribution in [3.8, 4) is 0 Å². The van der Waals surface area contributed by atoms with E-state index in [9.17, 15) is 18.0 Å². The highest BCUT2D eigenvalue weighted by atomic mass is 35.5. The van der Waals surface area contributed by atoms with E-state index in [2.05, 4.69) is 5.32 Å². The van der Waals surface area contributed by atoms with E-state index in [1.54, 1.807) is 62.5 Å². The number of hydrogen-bond acceptors (Lipinski definition) is 6. The Hall–Kier alpha value is -2.63. The molecule has 2 atom stereocenters. The molecule has 12 heteroatoms. The Morgan fingerprint density at radius 2 is 1.82 bits per heavy atom. The average Bonchev–Trinajstić information content (AvgIpc) is 2.89. The van der Waals surface area contributed by atoms with Gasteiger partial charge in [-0.05, 0) is 37.6 Å². The first-order valence-corrected chi connectivity index (χ1v) is 14.4. The van der Waals surface area contributed by atoms with Crippen molar-refractivity contribution in [1.82, 2.24) is 19.4 Å². The fraction of sp³-hybridized carbons (Fsp3) is 0.385. The normalized spacial score (nSPS) is 21.4. The molecular formula is C26H30Cl2N4O5S. The van der Waals surface area contributed by atoms with Crippen LogP contribution in [0.4, 0.5) is 4.79 Å². The zero-order valence-electron chi connectivity index (χ0n) is 21.4. The molecule has 0 radical (unpaired) electrons. The molecule has 38 heavy (non-hydrogen) atoms. The number of nitrogens with zero attached hydrogens (tertiary/aromatic N) is 3. The number of urea groups is 1. The van der Waals surface area contributed by atoms with Crippen LogP contribution in [0.1, 0.15) is 25.5 Å². The number of nitrogens with one attached hydrogen (secondary N) is 1. The molecule has 0 bridgehead atoms. The van der Waals surface area contributed by atoms with Crippen LogP contribution >= 0.6 is 23.2 Å². The SMILES string of the molecule is CCOC(=O)C1=C(CN2CCN(S(=O)(=O)c3ccccc3)[C@H](C)C2)N(C)C(=O)N[C@@H]1c1cccc(Cl)c1Cl. The van der Waals surface area contributed by atoms with Crippen molar-refractivity contribution in [3.05, 3.63) is 75.4 Å². The van der Waals surface area contributed by atoms with Gasteiger partial charge in [0.05, 0.1) is 33.2 Å². The molecule has 0 unspecified atom stereocenters. The molecule has 2 aromatic carbocycles. The highest BCUT2D eigenvalue weighted by molar-refractivity contribution is 7.89. The van der Waals surface area contributed by atoms with Crippen molar-refractivity contribution in [3.63, 3.8) is 0 Å². The summed E-state index contributed by atoms with van der Waals surface area (Å²) < 4.78 is 33.3. The van der Waals surface area contributed by atoms with E-state index >= 15 is 0 Å². The maximum Gasteiger partial charge on any atom is 0.338 e. The lowest BCUT2D eigenvalue weighted by Gasteiger charge is -2.41. The first-order valence-electron chi connectivity index (χ1n) is 12.2. The van der Waals surface area contributed by atoms with Crippen LogP contribution in [0.2, 0.25) is 10.0 Å². The van der Waals surface area contributed by atoms with Crippen LogP contribution in [-0.4, -0.2) is 80.4 Å². The maximum atomic E-state index is 13.2. The predicted octanol–water partition coefficient (Wildman–Crippen LogP) is 3.90. The van der Waals surface area contributed by atoms with Gasteiger partial charge in [-0.15, -0.1) is 0 Å². The second kappa shape index (κ2) is 11.6. The van der Waals surface area contributed by atoms with Crippen molar-refractivity contribution < 1.29 is 22.7 Å². The van der Waals surface area contributed by atoms with E-state index in [4.69, 9.17) is 27.9 Å². The molecule has 0 saturated carbocycles. The Kier molecular flexibility index (Phi) is 8.68. The molecular weight excluding hydrogens is 551 g/mol. The first kappa shape index (κ1) is 28.4. The van der Waals surface area contributed by atoms with Crippen LogP contribution in [-0.2, 0) is 19.6 Å². The minimum Gasteiger partial charge on any atom is -0.463 e. The topological polar surface area (TPSA) is 99.3 Å². The summed E-state index contributed by atoms with van der Waals surface area (Å²) in [5.74, 6) is -0.575. The Balaban J connectivity index is 1.66. The number of sulfonamides is 1. The second-order valence-corrected chi connectivity index (χ2v) is 11.9. The number of halogens is 2. The van der Waals surface area contributed by atoms with Gasteiger partial charge >= 0.3 is 12.0 Å². The summed E-state index contributed by atoms with van der Waals surface area (Å²) in [6.45, 7) is 5.02. The van der Waals surface area contributed by atoms with Gasteiger partial charge in [0.25, 0.3) is 0 Å². The molecule has 9 nitrogen and oxygen atoms in total. The number of rotatable bonds is 7. The van der Waals surface area contributed by atoms with Crippen LogP contribution in [0.15, 0.2) is 64.7 Å². The van der Waals surface area contributed by atoms with Crippen LogP contribution < -0.4 is 5.32 Å². The molecule has 2 amide bonds. The van der Waals surface area contributed by atoms with Crippen LogP contribution in [0.5, 0.6) is 0 Å². The number of amides is 2. The van der Waals surface area contributed by atoms with E-state index in [0.29, 0.717) is 29.4 Å². The molecule has 2 aromatic rings. The zero-order chi connectivity index (χ0) is 27.6. The number of esters is 1. The van der Waals surface area contributed by atoms with Gasteiger partial charge < -0.3 is 10.1 Å². The van der Waals surface area contributed by atoms with E-state index < -0.39 is 28.1 Å². The van der Waals surface area contributed by atoms with Crippen molar-refractivity contribution in [2.24, 2.45) is 0 Å². The van der Waals surface area contributed by atoms with Crippen LogP contribution in [0, 0.1) is 0 Å². The third-order valence-corrected chi connectivity index (χ3v) is 9.60. The number of benzene rings is 2. The standard InChI is InChI=1S/C26H30Cl2N4O5S/c1-4-37-25(33)22-21(30(3)26(34)29-24(22)19-11-8-12-20(27)23(19)28)16-31-13-14-32(17(2)15-31)38(35,36)18-9-6-5-7-10-18/h5-12,17,24H,4,13-16H2,1-3H3,(H,29,34)/t17-,24-/m1/s1. The van der Waals surface area contributed by atoms with Gasteiger partial charge in [0.1, 0.15) is 0 Å². The van der Waals surface area contributed by atoms with Crippen molar-refractivity contribution in [1.29, 1.82) is 0 Å². The number of piperazine rings is 1. The lowest BCUT2D eigenvalue weighted by Crippen LogP contribution is -2.56. The van der Waals surface area contributed by atoms with E-state index in [0.717, 1.165) is 0 Å². The van der Waals surface area contributed by atoms with Gasteiger partial charge in [0, 0.05) is 45.0 Å². The van der Waals surface area contributed by atoms with Gasteiger partial charge in [-0.3, -0.25) is 9.80 Å². The molecule has 1 N–H and O–H groups in total. The number of likely N-dealkylation sites (N-methyl/N-ethyl adjacent to an activating group) is 1. The molecule has 2 aliphatic heterocycles. The van der Waals surface area contributed by atoms with E-state index in [-0.39, 0.29) is 41.2 Å². The minimum atomic E-state index is -3.65. The predicted molar refractivity (Wildman–Crippen MR) is 145 cm³/mol. The molecule has 0 spiro atoms. The molecule has 0 aliphatic carbocycles. The number of hydrogen-bond donors (Lipinski definition) is 1. The highest BCUT2D eigenvalue weighted by Crippen LogP contribution is 2.37. The summed E-state index contributed by atoms with van der Waals surface area (Å²) in [6, 6.07) is 11.8. The third-order valence-electron chi connectivity index (χ3n) is 6.74. The molecule has 1 fully saturated rings. The first-order chi connectivity index (χ1) is 18.1. The van der Waals surface area contributed by atoms with Gasteiger partial charge in [-0.1, -0.05) is 53.5 Å². The summed E-state index contributed by atoms with van der Waals surface area (Å²) in [7, 11) is -2.07. The van der Waals surface area contributed by atoms with E-state index in [1.165, 1.54) is 9.21 Å². The molecule has 204 valence electrons. The van der Waals surface area contributed by atoms with Crippen molar-refractivity contribution in [2.75, 3.05) is 39.8 Å². The summed E-state index contributed by atoms with van der Waals surface area (Å²) in [5.41, 5.74) is 1.19. The Morgan fingerprint density at radius 1 is 1.11 bits per heavy atom. The minimum absolute atomic E-state index is 0.149. The Morgan fingerprint density at radius 3 is 2.47 bits per heavy atom. The molecule has 4 rings (SSSR count). The Bertz CT molecular complexity index is 1350. The summed E-state index contributed by atoms with van der Waals surface area (Å²) in [4.78, 5) is 29.9. The summed E-state index contributed by atoms with van der Waals surface area (Å²) in [5, 5.41) is 3.37. The lowest BCUT2D eigenvalue weighted by molar-refractivity contribution is -0.139. The highest BCUT2D eigenvalue weighted by Gasteiger charge is 2.40. The van der Waals surface area contributed by atoms with Crippen LogP contribution in [0.25, 0.3) is 0 Å². The van der Waals surface area contributed by atoms with Crippen molar-refractivity contribution in [2.45, 2.75) is 30.8 Å². The molecule has 2 aliphatic rings. The fourth-order valence-electron chi connectivity index (χ4n) is 4.83. The molecule has 2 heterocycles. The van der Waals surface area contributed by atoms with Gasteiger partial charge in [0.2, 0.25) is 10.0 Å². The van der Waals surface area contributed by atoms with Crippen molar-refractivity contribution >= 4 is 45.2 Å². The summed E-state index contributed by atoms with van der Waals surface area (Å²) in [6.07, 6.45) is 0. The summed E-state index contributed by atoms with van der Waals surface area (Å²) >= 11 is 12.7. The second-order valence-electron chi connectivity index (χ2n) is 9.18. The van der Waals surface area contributed by atoms with E-state index in [1.807, 2.05) is 11.8 Å². The van der Waals surface area contributed by atoms with Gasteiger partial charge in [-0.25, -0.2) is 18.0 Å². The lowest BCUT2D eigenvalue weighted by atomic mass is 9.94.